The van der Waals surface area contributed by atoms with Gasteiger partial charge in [0.05, 0.1) is 0 Å². The normalized spacial score (nSPS) is 13.1. The summed E-state index contributed by atoms with van der Waals surface area (Å²) in [6.07, 6.45) is 11.5. The second-order valence-corrected chi connectivity index (χ2v) is 5.80. The third-order valence-corrected chi connectivity index (χ3v) is 3.92. The van der Waals surface area contributed by atoms with Gasteiger partial charge < -0.3 is 9.47 Å². The molecule has 3 heteroatoms. The summed E-state index contributed by atoms with van der Waals surface area (Å²) in [5.41, 5.74) is 0. The quantitative estimate of drug-likeness (QED) is 0.217. The van der Waals surface area contributed by atoms with E-state index in [1.165, 1.54) is 51.4 Å². The fourth-order valence-corrected chi connectivity index (χ4v) is 2.85. The van der Waals surface area contributed by atoms with Crippen molar-refractivity contribution in [1.82, 2.24) is 0 Å². The molecule has 0 spiro atoms. The third kappa shape index (κ3) is 10.9. The van der Waals surface area contributed by atoms with Crippen molar-refractivity contribution in [3.8, 4) is 0 Å². The lowest BCUT2D eigenvalue weighted by atomic mass is 9.97. The SMILES string of the molecule is CCCCCCCCCC(CCCl)C(OCC)OCC. The van der Waals surface area contributed by atoms with Crippen molar-refractivity contribution in [3.05, 3.63) is 0 Å². The van der Waals surface area contributed by atoms with Gasteiger partial charge in [0.1, 0.15) is 0 Å². The molecule has 0 bridgehead atoms. The van der Waals surface area contributed by atoms with Crippen LogP contribution in [0, 0.1) is 5.92 Å². The Kier molecular flexibility index (Phi) is 15.8. The second-order valence-electron chi connectivity index (χ2n) is 5.43. The van der Waals surface area contributed by atoms with Gasteiger partial charge in [0, 0.05) is 25.0 Å². The van der Waals surface area contributed by atoms with E-state index >= 15 is 0 Å². The van der Waals surface area contributed by atoms with E-state index in [2.05, 4.69) is 6.92 Å². The molecular weight excluding hydrogens is 272 g/mol. The lowest BCUT2D eigenvalue weighted by Gasteiger charge is -2.26. The summed E-state index contributed by atoms with van der Waals surface area (Å²) in [4.78, 5) is 0. The second kappa shape index (κ2) is 15.6. The van der Waals surface area contributed by atoms with E-state index in [4.69, 9.17) is 21.1 Å². The minimum absolute atomic E-state index is 0.0659. The van der Waals surface area contributed by atoms with E-state index in [0.717, 1.165) is 6.42 Å². The van der Waals surface area contributed by atoms with Crippen molar-refractivity contribution in [2.24, 2.45) is 5.92 Å². The summed E-state index contributed by atoms with van der Waals surface area (Å²) in [5, 5.41) is 0. The molecule has 0 aromatic heterocycles. The molecule has 1 unspecified atom stereocenters. The Morgan fingerprint density at radius 3 is 1.80 bits per heavy atom. The van der Waals surface area contributed by atoms with Crippen LogP contribution >= 0.6 is 11.6 Å². The molecule has 0 aromatic carbocycles. The summed E-state index contributed by atoms with van der Waals surface area (Å²) in [6, 6.07) is 0. The highest BCUT2D eigenvalue weighted by molar-refractivity contribution is 6.17. The number of rotatable bonds is 15. The van der Waals surface area contributed by atoms with E-state index in [1.54, 1.807) is 0 Å². The molecule has 0 aliphatic heterocycles. The molecule has 0 aliphatic rings. The maximum Gasteiger partial charge on any atom is 0.160 e. The third-order valence-electron chi connectivity index (χ3n) is 3.71. The van der Waals surface area contributed by atoms with Crippen LogP contribution in [0.3, 0.4) is 0 Å². The van der Waals surface area contributed by atoms with Crippen LogP contribution in [-0.2, 0) is 9.47 Å². The lowest BCUT2D eigenvalue weighted by Crippen LogP contribution is -2.28. The molecule has 0 rings (SSSR count). The van der Waals surface area contributed by atoms with Crippen LogP contribution < -0.4 is 0 Å². The highest BCUT2D eigenvalue weighted by atomic mass is 35.5. The van der Waals surface area contributed by atoms with Crippen LogP contribution in [0.15, 0.2) is 0 Å². The van der Waals surface area contributed by atoms with Gasteiger partial charge in [-0.25, -0.2) is 0 Å². The maximum atomic E-state index is 5.93. The molecule has 0 aliphatic carbocycles. The van der Waals surface area contributed by atoms with Gasteiger partial charge in [0.15, 0.2) is 6.29 Å². The zero-order valence-corrected chi connectivity index (χ0v) is 14.6. The lowest BCUT2D eigenvalue weighted by molar-refractivity contribution is -0.169. The molecule has 20 heavy (non-hydrogen) atoms. The van der Waals surface area contributed by atoms with E-state index in [1.807, 2.05) is 13.8 Å². The Morgan fingerprint density at radius 1 is 0.750 bits per heavy atom. The van der Waals surface area contributed by atoms with Gasteiger partial charge in [-0.3, -0.25) is 0 Å². The average molecular weight is 307 g/mol. The molecule has 0 amide bonds. The van der Waals surface area contributed by atoms with Gasteiger partial charge in [-0.05, 0) is 26.7 Å². The predicted octanol–water partition coefficient (Wildman–Crippen LogP) is 5.77. The highest BCUT2D eigenvalue weighted by Gasteiger charge is 2.21. The van der Waals surface area contributed by atoms with Crippen molar-refractivity contribution in [2.45, 2.75) is 84.8 Å². The van der Waals surface area contributed by atoms with Gasteiger partial charge in [-0.2, -0.15) is 0 Å². The van der Waals surface area contributed by atoms with Crippen molar-refractivity contribution in [1.29, 1.82) is 0 Å². The van der Waals surface area contributed by atoms with E-state index in [9.17, 15) is 0 Å². The monoisotopic (exact) mass is 306 g/mol. The average Bonchev–Trinajstić information content (AvgIpc) is 2.45. The van der Waals surface area contributed by atoms with Crippen LogP contribution in [0.25, 0.3) is 0 Å². The first-order chi connectivity index (χ1) is 9.79. The van der Waals surface area contributed by atoms with Gasteiger partial charge in [-0.15, -0.1) is 11.6 Å². The summed E-state index contributed by atoms with van der Waals surface area (Å²) in [6.45, 7) is 7.73. The Labute approximate surface area is 131 Å². The summed E-state index contributed by atoms with van der Waals surface area (Å²) in [7, 11) is 0. The van der Waals surface area contributed by atoms with E-state index in [-0.39, 0.29) is 6.29 Å². The molecule has 2 nitrogen and oxygen atoms in total. The van der Waals surface area contributed by atoms with Crippen LogP contribution in [0.2, 0.25) is 0 Å². The zero-order valence-electron chi connectivity index (χ0n) is 13.8. The minimum atomic E-state index is -0.0659. The fourth-order valence-electron chi connectivity index (χ4n) is 2.57. The number of halogens is 1. The minimum Gasteiger partial charge on any atom is -0.353 e. The highest BCUT2D eigenvalue weighted by Crippen LogP contribution is 2.22. The van der Waals surface area contributed by atoms with Gasteiger partial charge in [-0.1, -0.05) is 51.9 Å². The van der Waals surface area contributed by atoms with Gasteiger partial charge in [0.25, 0.3) is 0 Å². The van der Waals surface area contributed by atoms with Gasteiger partial charge in [0.2, 0.25) is 0 Å². The van der Waals surface area contributed by atoms with Crippen molar-refractivity contribution in [2.75, 3.05) is 19.1 Å². The van der Waals surface area contributed by atoms with Crippen molar-refractivity contribution >= 4 is 11.6 Å². The van der Waals surface area contributed by atoms with Crippen molar-refractivity contribution in [3.63, 3.8) is 0 Å². The molecule has 0 fully saturated rings. The maximum absolute atomic E-state index is 5.93. The first-order valence-corrected chi connectivity index (χ1v) is 9.12. The molecule has 0 saturated heterocycles. The Bertz CT molecular complexity index is 182. The number of hydrogen-bond acceptors (Lipinski definition) is 2. The summed E-state index contributed by atoms with van der Waals surface area (Å²) >= 11 is 5.93. The molecule has 122 valence electrons. The van der Waals surface area contributed by atoms with Gasteiger partial charge >= 0.3 is 0 Å². The standard InChI is InChI=1S/C17H35ClO2/c1-4-7-8-9-10-11-12-13-16(14-15-18)17(19-5-2)20-6-3/h16-17H,4-15H2,1-3H3. The Hall–Kier alpha value is 0.210. The predicted molar refractivity (Wildman–Crippen MR) is 88.5 cm³/mol. The number of unbranched alkanes of at least 4 members (excludes halogenated alkanes) is 6. The first-order valence-electron chi connectivity index (χ1n) is 8.59. The topological polar surface area (TPSA) is 18.5 Å². The van der Waals surface area contributed by atoms with Crippen LogP contribution in [0.1, 0.15) is 78.6 Å². The number of ether oxygens (including phenoxy) is 2. The number of alkyl halides is 1. The zero-order chi connectivity index (χ0) is 15.1. The van der Waals surface area contributed by atoms with E-state index in [0.29, 0.717) is 25.0 Å². The van der Waals surface area contributed by atoms with E-state index < -0.39 is 0 Å². The molecule has 0 saturated carbocycles. The molecule has 0 heterocycles. The first kappa shape index (κ1) is 20.2. The summed E-state index contributed by atoms with van der Waals surface area (Å²) < 4.78 is 11.5. The molecule has 0 aromatic rings. The molecule has 1 atom stereocenters. The largest absolute Gasteiger partial charge is 0.353 e. The smallest absolute Gasteiger partial charge is 0.160 e. The van der Waals surface area contributed by atoms with Crippen molar-refractivity contribution < 1.29 is 9.47 Å². The summed E-state index contributed by atoms with van der Waals surface area (Å²) in [5.74, 6) is 1.14. The molecule has 0 radical (unpaired) electrons. The molecule has 0 N–H and O–H groups in total. The van der Waals surface area contributed by atoms with Crippen LogP contribution in [0.4, 0.5) is 0 Å². The fraction of sp³-hybridized carbons (Fsp3) is 1.00. The Balaban J connectivity index is 3.86. The van der Waals surface area contributed by atoms with Crippen LogP contribution in [0.5, 0.6) is 0 Å². The Morgan fingerprint density at radius 2 is 1.30 bits per heavy atom. The van der Waals surface area contributed by atoms with Crippen LogP contribution in [-0.4, -0.2) is 25.4 Å². The number of hydrogen-bond donors (Lipinski definition) is 0. The molecular formula is C17H35ClO2.